The number of ketones is 1. The predicted molar refractivity (Wildman–Crippen MR) is 208 cm³/mol. The molecule has 0 aliphatic heterocycles. The van der Waals surface area contributed by atoms with Crippen molar-refractivity contribution in [3.8, 4) is 0 Å². The van der Waals surface area contributed by atoms with E-state index < -0.39 is 0 Å². The number of aliphatic hydroxyl groups excluding tert-OH is 1. The first kappa shape index (κ1) is 47.1. The second-order valence-corrected chi connectivity index (χ2v) is 14.9. The zero-order valence-electron chi connectivity index (χ0n) is 32.9. The lowest BCUT2D eigenvalue weighted by atomic mass is 10.0. The van der Waals surface area contributed by atoms with Crippen LogP contribution in [0.2, 0.25) is 0 Å². The zero-order valence-corrected chi connectivity index (χ0v) is 32.9. The summed E-state index contributed by atoms with van der Waals surface area (Å²) >= 11 is 0. The highest BCUT2D eigenvalue weighted by Crippen LogP contribution is 2.18. The van der Waals surface area contributed by atoms with Gasteiger partial charge in [-0.3, -0.25) is 9.59 Å². The van der Waals surface area contributed by atoms with Gasteiger partial charge in [0.05, 0.1) is 6.61 Å². The Labute approximate surface area is 300 Å². The van der Waals surface area contributed by atoms with E-state index in [1.165, 1.54) is 135 Å². The molecule has 0 bridgehead atoms. The van der Waals surface area contributed by atoms with E-state index >= 15 is 0 Å². The maximum atomic E-state index is 12.6. The molecule has 0 aliphatic rings. The van der Waals surface area contributed by atoms with Gasteiger partial charge in [-0.05, 0) is 70.9 Å². The van der Waals surface area contributed by atoms with Crippen LogP contribution >= 0.6 is 0 Å². The molecular weight excluding hydrogens is 594 g/mol. The van der Waals surface area contributed by atoms with E-state index in [0.717, 1.165) is 90.3 Å². The molecular formula is C43H85NO4. The highest BCUT2D eigenvalue weighted by atomic mass is 16.5. The SMILES string of the molecule is CCCCCCCCCCC(=O)CCCCCCCN(CCO)CCCCCCCC(=O)OC(CCCCCC)CCCCCCCC. The Hall–Kier alpha value is -0.940. The number of aliphatic hydroxyl groups is 1. The number of esters is 1. The molecule has 0 aromatic carbocycles. The number of hydrogen-bond acceptors (Lipinski definition) is 5. The average Bonchev–Trinajstić information content (AvgIpc) is 3.08. The minimum absolute atomic E-state index is 0.0148. The molecule has 0 amide bonds. The van der Waals surface area contributed by atoms with Gasteiger partial charge in [0, 0.05) is 25.8 Å². The molecule has 5 heteroatoms. The summed E-state index contributed by atoms with van der Waals surface area (Å²) in [4.78, 5) is 27.2. The molecule has 1 N–H and O–H groups in total. The number of ether oxygens (including phenoxy) is 1. The lowest BCUT2D eigenvalue weighted by Crippen LogP contribution is -2.29. The zero-order chi connectivity index (χ0) is 35.2. The van der Waals surface area contributed by atoms with Gasteiger partial charge in [0.1, 0.15) is 11.9 Å². The van der Waals surface area contributed by atoms with E-state index in [2.05, 4.69) is 25.7 Å². The summed E-state index contributed by atoms with van der Waals surface area (Å²) in [5.41, 5.74) is 0. The van der Waals surface area contributed by atoms with E-state index in [-0.39, 0.29) is 18.7 Å². The molecule has 0 fully saturated rings. The molecule has 0 aliphatic carbocycles. The fourth-order valence-corrected chi connectivity index (χ4v) is 6.84. The molecule has 48 heavy (non-hydrogen) atoms. The maximum absolute atomic E-state index is 12.6. The van der Waals surface area contributed by atoms with E-state index in [0.29, 0.717) is 12.2 Å². The Kier molecular flexibility index (Phi) is 38.1. The third kappa shape index (κ3) is 34.9. The summed E-state index contributed by atoms with van der Waals surface area (Å²) in [7, 11) is 0. The van der Waals surface area contributed by atoms with Crippen LogP contribution in [0.1, 0.15) is 233 Å². The van der Waals surface area contributed by atoms with Crippen LogP contribution in [0, 0.1) is 0 Å². The largest absolute Gasteiger partial charge is 0.462 e. The number of rotatable bonds is 40. The lowest BCUT2D eigenvalue weighted by Gasteiger charge is -2.21. The first-order chi connectivity index (χ1) is 23.6. The second kappa shape index (κ2) is 38.9. The van der Waals surface area contributed by atoms with E-state index in [4.69, 9.17) is 4.74 Å². The van der Waals surface area contributed by atoms with Crippen molar-refractivity contribution in [2.24, 2.45) is 0 Å². The molecule has 0 rings (SSSR count). The van der Waals surface area contributed by atoms with Gasteiger partial charge >= 0.3 is 5.97 Å². The highest BCUT2D eigenvalue weighted by Gasteiger charge is 2.14. The van der Waals surface area contributed by atoms with E-state index in [1.54, 1.807) is 0 Å². The second-order valence-electron chi connectivity index (χ2n) is 14.9. The van der Waals surface area contributed by atoms with Crippen LogP contribution in [0.4, 0.5) is 0 Å². The quantitative estimate of drug-likeness (QED) is 0.0516. The summed E-state index contributed by atoms with van der Waals surface area (Å²) in [6.07, 6.45) is 38.6. The summed E-state index contributed by atoms with van der Waals surface area (Å²) in [6, 6.07) is 0. The monoisotopic (exact) mass is 680 g/mol. The average molecular weight is 680 g/mol. The van der Waals surface area contributed by atoms with Crippen molar-refractivity contribution >= 4 is 11.8 Å². The standard InChI is InChI=1S/C43H85NO4/c1-4-7-10-13-15-16-19-25-32-41(46)33-26-20-17-23-30-37-44(39-40-45)38-31-24-18-22-29-36-43(47)48-42(34-27-12-9-6-3)35-28-21-14-11-8-5-2/h42,45H,4-40H2,1-3H3. The van der Waals surface area contributed by atoms with Gasteiger partial charge in [-0.25, -0.2) is 0 Å². The molecule has 0 aromatic heterocycles. The molecule has 0 spiro atoms. The first-order valence-electron chi connectivity index (χ1n) is 21.6. The van der Waals surface area contributed by atoms with Crippen molar-refractivity contribution in [1.82, 2.24) is 4.90 Å². The molecule has 286 valence electrons. The van der Waals surface area contributed by atoms with Crippen LogP contribution in [0.25, 0.3) is 0 Å². The van der Waals surface area contributed by atoms with E-state index in [1.807, 2.05) is 0 Å². The van der Waals surface area contributed by atoms with Crippen molar-refractivity contribution in [2.45, 2.75) is 239 Å². The molecule has 0 aromatic rings. The van der Waals surface area contributed by atoms with Crippen molar-refractivity contribution in [3.05, 3.63) is 0 Å². The summed E-state index contributed by atoms with van der Waals surface area (Å²) in [5, 5.41) is 9.53. The van der Waals surface area contributed by atoms with Crippen molar-refractivity contribution < 1.29 is 19.4 Å². The molecule has 0 saturated carbocycles. The van der Waals surface area contributed by atoms with Gasteiger partial charge in [-0.1, -0.05) is 156 Å². The number of carbonyl (C=O) groups excluding carboxylic acids is 2. The number of Topliss-reactive ketones (excluding diaryl/α,β-unsaturated/α-hetero) is 1. The van der Waals surface area contributed by atoms with Crippen LogP contribution in [0.15, 0.2) is 0 Å². The molecule has 1 unspecified atom stereocenters. The maximum Gasteiger partial charge on any atom is 0.306 e. The van der Waals surface area contributed by atoms with Crippen LogP contribution in [0.3, 0.4) is 0 Å². The van der Waals surface area contributed by atoms with Crippen LogP contribution in [0.5, 0.6) is 0 Å². The van der Waals surface area contributed by atoms with Gasteiger partial charge < -0.3 is 14.7 Å². The predicted octanol–water partition coefficient (Wildman–Crippen LogP) is 12.7. The van der Waals surface area contributed by atoms with Crippen molar-refractivity contribution in [1.29, 1.82) is 0 Å². The summed E-state index contributed by atoms with van der Waals surface area (Å²) in [6.45, 7) is 9.85. The Morgan fingerprint density at radius 1 is 0.458 bits per heavy atom. The topological polar surface area (TPSA) is 66.8 Å². The van der Waals surface area contributed by atoms with Crippen LogP contribution in [-0.2, 0) is 14.3 Å². The van der Waals surface area contributed by atoms with Gasteiger partial charge in [0.15, 0.2) is 0 Å². The van der Waals surface area contributed by atoms with Crippen molar-refractivity contribution in [2.75, 3.05) is 26.2 Å². The minimum Gasteiger partial charge on any atom is -0.462 e. The number of nitrogens with zero attached hydrogens (tertiary/aromatic N) is 1. The molecule has 1 atom stereocenters. The summed E-state index contributed by atoms with van der Waals surface area (Å²) in [5.74, 6) is 0.483. The smallest absolute Gasteiger partial charge is 0.306 e. The summed E-state index contributed by atoms with van der Waals surface area (Å²) < 4.78 is 5.97. The van der Waals surface area contributed by atoms with Crippen molar-refractivity contribution in [3.63, 3.8) is 0 Å². The number of carbonyl (C=O) groups is 2. The Morgan fingerprint density at radius 2 is 0.812 bits per heavy atom. The number of hydrogen-bond donors (Lipinski definition) is 1. The molecule has 0 saturated heterocycles. The number of unbranched alkanes of at least 4 members (excludes halogenated alkanes) is 23. The lowest BCUT2D eigenvalue weighted by molar-refractivity contribution is -0.150. The fourth-order valence-electron chi connectivity index (χ4n) is 6.84. The first-order valence-corrected chi connectivity index (χ1v) is 21.6. The normalized spacial score (nSPS) is 12.2. The van der Waals surface area contributed by atoms with Gasteiger partial charge in [-0.2, -0.15) is 0 Å². The van der Waals surface area contributed by atoms with Gasteiger partial charge in [0.25, 0.3) is 0 Å². The molecule has 0 heterocycles. The highest BCUT2D eigenvalue weighted by molar-refractivity contribution is 5.78. The third-order valence-electron chi connectivity index (χ3n) is 10.1. The Balaban J connectivity index is 3.88. The molecule has 0 radical (unpaired) electrons. The Morgan fingerprint density at radius 3 is 1.25 bits per heavy atom. The van der Waals surface area contributed by atoms with Crippen LogP contribution in [-0.4, -0.2) is 54.1 Å². The fraction of sp³-hybridized carbons (Fsp3) is 0.953. The minimum atomic E-state index is 0.0148. The van der Waals surface area contributed by atoms with Gasteiger partial charge in [-0.15, -0.1) is 0 Å². The third-order valence-corrected chi connectivity index (χ3v) is 10.1. The van der Waals surface area contributed by atoms with Crippen LogP contribution < -0.4 is 0 Å². The Bertz CT molecular complexity index is 669. The van der Waals surface area contributed by atoms with E-state index in [9.17, 15) is 14.7 Å². The molecule has 5 nitrogen and oxygen atoms in total. The van der Waals surface area contributed by atoms with Gasteiger partial charge in [0.2, 0.25) is 0 Å².